The zero-order chi connectivity index (χ0) is 99.0. The number of aliphatic carboxylic acids is 1. The van der Waals surface area contributed by atoms with Crippen molar-refractivity contribution >= 4 is 130 Å². The van der Waals surface area contributed by atoms with E-state index in [9.17, 15) is 111 Å². The number of carboxylic acid groups (broad SMARTS) is 1. The van der Waals surface area contributed by atoms with Crippen molar-refractivity contribution in [2.24, 2.45) is 28.9 Å². The van der Waals surface area contributed by atoms with Gasteiger partial charge in [0.15, 0.2) is 0 Å². The molecule has 21 amide bonds. The predicted molar refractivity (Wildman–Crippen MR) is 470 cm³/mol. The monoisotopic (exact) mass is 1830 g/mol. The van der Waals surface area contributed by atoms with Gasteiger partial charge in [-0.3, -0.25) is 101 Å². The van der Waals surface area contributed by atoms with Gasteiger partial charge in [0.05, 0.1) is 0 Å². The second-order valence-electron chi connectivity index (χ2n) is 32.1. The Balaban J connectivity index is 5.68. The Morgan fingerprint density at radius 1 is 0.202 bits per heavy atom. The number of nitrogens with one attached hydrogen (secondary N) is 21. The summed E-state index contributed by atoms with van der Waals surface area (Å²) < 4.78 is 0. The molecule has 0 aliphatic carbocycles. The normalized spacial score (nSPS) is 15.9. The van der Waals surface area contributed by atoms with Crippen molar-refractivity contribution in [1.82, 2.24) is 112 Å². The van der Waals surface area contributed by atoms with E-state index >= 15 is 0 Å². The van der Waals surface area contributed by atoms with Crippen LogP contribution in [0.3, 0.4) is 0 Å². The molecule has 48 heteroatoms. The average Bonchev–Trinajstić information content (AvgIpc) is 0.902. The molecule has 0 rings (SSSR count). The quantitative estimate of drug-likeness (QED) is 0.0199. The molecular formula is C81H143N25O23. The summed E-state index contributed by atoms with van der Waals surface area (Å²) in [6.07, 6.45) is 4.57. The van der Waals surface area contributed by atoms with Crippen LogP contribution >= 0.6 is 0 Å². The fourth-order valence-electron chi connectivity index (χ4n) is 11.3. The summed E-state index contributed by atoms with van der Waals surface area (Å²) >= 11 is 0. The van der Waals surface area contributed by atoms with E-state index < -0.39 is 257 Å². The summed E-state index contributed by atoms with van der Waals surface area (Å²) in [7, 11) is 0. The first-order chi connectivity index (χ1) is 60.2. The van der Waals surface area contributed by atoms with E-state index in [0.29, 0.717) is 57.9 Å². The molecule has 0 bridgehead atoms. The lowest BCUT2D eigenvalue weighted by Crippen LogP contribution is -2.59. The number of nitrogens with two attached hydrogens (primary N) is 4. The van der Waals surface area contributed by atoms with Gasteiger partial charge in [0, 0.05) is 5.92 Å². The van der Waals surface area contributed by atoms with Crippen LogP contribution in [0.5, 0.6) is 0 Å². The zero-order valence-electron chi connectivity index (χ0n) is 77.2. The lowest BCUT2D eigenvalue weighted by molar-refractivity contribution is -0.142. The highest BCUT2D eigenvalue weighted by Gasteiger charge is 2.37. The molecule has 48 nitrogen and oxygen atoms in total. The van der Waals surface area contributed by atoms with Crippen LogP contribution in [0.4, 0.5) is 0 Å². The van der Waals surface area contributed by atoms with Gasteiger partial charge in [-0.05, 0) is 220 Å². The second-order valence-corrected chi connectivity index (χ2v) is 32.1. The Labute approximate surface area is 751 Å². The molecule has 0 saturated heterocycles. The molecule has 0 aromatic rings. The van der Waals surface area contributed by atoms with E-state index in [1.54, 1.807) is 13.8 Å². The topological polar surface area (TPSA) is 752 Å². The molecule has 0 spiro atoms. The van der Waals surface area contributed by atoms with E-state index in [1.807, 2.05) is 0 Å². The molecule has 0 aliphatic heterocycles. The Bertz CT molecular complexity index is 3860. The zero-order valence-corrected chi connectivity index (χ0v) is 77.2. The summed E-state index contributed by atoms with van der Waals surface area (Å²) in [6, 6.07) is -26.9. The van der Waals surface area contributed by atoms with Gasteiger partial charge in [-0.15, -0.1) is 6.58 Å². The van der Waals surface area contributed by atoms with Crippen LogP contribution in [-0.4, -0.2) is 288 Å². The van der Waals surface area contributed by atoms with Crippen LogP contribution in [0.2, 0.25) is 0 Å². The molecule has 21 atom stereocenters. The van der Waals surface area contributed by atoms with Crippen LogP contribution < -0.4 is 135 Å². The minimum absolute atomic E-state index is 0.00474. The molecule has 0 heterocycles. The van der Waals surface area contributed by atoms with Gasteiger partial charge in [-0.25, -0.2) is 4.79 Å². The standard InChI is InChI=1S/C81H143N25O23/c1-20-29-59(81(128)129)106-76(123)54(19)97-67(114)45(10)93-71(118)49(14)101-80(127)58(33-24-28-37-85)105-75(122)53(18)96-66(113)44(9)89-63(110)41(6)92-70(117)48(13)100-79(126)57(32-23-27-36-84)104-74(121)52(17)95-65(112)43(8)88-62(109)40(5)91-69(116)47(12)99-78(125)56(31-22-26-35-83)103-73(120)51(16)94-64(111)42(7)87-61(108)39(4)90-68(115)46(11)98-77(124)55(30-21-25-34-82)102-72(119)50(15)86-60(107)38(2)3/h20,38-59H,1,21-37,82-85H2,2-19H3,(H,86,107)(H,87,108)(H,88,109)(H,89,110)(H,90,115)(H,91,116)(H,92,117)(H,93,118)(H,94,111)(H,95,112)(H,96,113)(H,97,114)(H,98,124)(H,99,125)(H,100,126)(H,101,127)(H,102,119)(H,103,120)(H,104,121)(H,105,122)(H,106,123)(H,128,129). The van der Waals surface area contributed by atoms with Crippen LogP contribution in [-0.2, 0) is 105 Å². The Morgan fingerprint density at radius 2 is 0.326 bits per heavy atom. The summed E-state index contributed by atoms with van der Waals surface area (Å²) in [4.78, 5) is 290. The molecule has 0 saturated carbocycles. The average molecular weight is 1840 g/mol. The van der Waals surface area contributed by atoms with Crippen molar-refractivity contribution in [2.75, 3.05) is 26.2 Å². The SMILES string of the molecule is C=CCC(NC(=O)C(C)NC(=O)C(C)NC(=O)C(C)NC(=O)C(CCCCN)NC(=O)C(C)NC(=O)C(C)NC(=O)C(C)NC(=O)C(C)NC(=O)C(CCCCN)NC(=O)C(C)NC(=O)C(C)NC(=O)C(C)NC(=O)C(C)NC(=O)C(CCCCN)NC(=O)C(C)NC(=O)C(C)NC(=O)C(C)NC(=O)C(C)NC(=O)C(CCCCN)NC(=O)C(C)NC(=O)C(C)C)C(=O)O. The maximum atomic E-state index is 13.7. The highest BCUT2D eigenvalue weighted by Crippen LogP contribution is 2.10. The fourth-order valence-corrected chi connectivity index (χ4v) is 11.3. The smallest absolute Gasteiger partial charge is 0.326 e. The molecule has 21 unspecified atom stereocenters. The van der Waals surface area contributed by atoms with E-state index in [1.165, 1.54) is 117 Å². The molecule has 129 heavy (non-hydrogen) atoms. The lowest BCUT2D eigenvalue weighted by Gasteiger charge is -2.25. The largest absolute Gasteiger partial charge is 0.480 e. The minimum atomic E-state index is -1.36. The van der Waals surface area contributed by atoms with Crippen molar-refractivity contribution in [1.29, 1.82) is 0 Å². The van der Waals surface area contributed by atoms with Gasteiger partial charge in [0.2, 0.25) is 124 Å². The van der Waals surface area contributed by atoms with E-state index in [-0.39, 0.29) is 57.6 Å². The highest BCUT2D eigenvalue weighted by atomic mass is 16.4. The molecule has 30 N–H and O–H groups in total. The first-order valence-corrected chi connectivity index (χ1v) is 43.3. The highest BCUT2D eigenvalue weighted by molar-refractivity contribution is 6.02. The van der Waals surface area contributed by atoms with Gasteiger partial charge in [0.25, 0.3) is 0 Å². The van der Waals surface area contributed by atoms with Crippen LogP contribution in [0.15, 0.2) is 12.7 Å². The van der Waals surface area contributed by atoms with E-state index in [2.05, 4.69) is 118 Å². The molecule has 730 valence electrons. The number of amides is 21. The third-order valence-corrected chi connectivity index (χ3v) is 19.9. The number of carboxylic acids is 1. The minimum Gasteiger partial charge on any atom is -0.480 e. The van der Waals surface area contributed by atoms with Gasteiger partial charge >= 0.3 is 5.97 Å². The molecular weight excluding hydrogens is 1690 g/mol. The Hall–Kier alpha value is -12.1. The van der Waals surface area contributed by atoms with Crippen molar-refractivity contribution < 1.29 is 111 Å². The first-order valence-electron chi connectivity index (χ1n) is 43.3. The van der Waals surface area contributed by atoms with Crippen LogP contribution in [0.1, 0.15) is 208 Å². The van der Waals surface area contributed by atoms with Gasteiger partial charge in [0.1, 0.15) is 127 Å². The molecule has 0 aliphatic rings. The molecule has 0 radical (unpaired) electrons. The summed E-state index contributed by atoms with van der Waals surface area (Å²) in [6.45, 7) is 28.5. The van der Waals surface area contributed by atoms with Gasteiger partial charge < -0.3 is 140 Å². The third kappa shape index (κ3) is 45.0. The van der Waals surface area contributed by atoms with E-state index in [0.717, 1.165) is 0 Å². The number of carbonyl (C=O) groups is 22. The van der Waals surface area contributed by atoms with Crippen molar-refractivity contribution in [3.8, 4) is 0 Å². The maximum Gasteiger partial charge on any atom is 0.326 e. The number of hydrogen-bond donors (Lipinski definition) is 26. The fraction of sp³-hybridized carbons (Fsp3) is 0.704. The lowest BCUT2D eigenvalue weighted by atomic mass is 10.1. The number of unbranched alkanes of at least 4 members (excludes halogenated alkanes) is 4. The Kier molecular flexibility index (Phi) is 54.9. The van der Waals surface area contributed by atoms with Crippen molar-refractivity contribution in [2.45, 2.75) is 335 Å². The number of carbonyl (C=O) groups excluding carboxylic acids is 21. The third-order valence-electron chi connectivity index (χ3n) is 19.9. The van der Waals surface area contributed by atoms with Gasteiger partial charge in [-0.1, -0.05) is 19.9 Å². The van der Waals surface area contributed by atoms with Gasteiger partial charge in [-0.2, -0.15) is 0 Å². The first kappa shape index (κ1) is 117. The maximum absolute atomic E-state index is 13.7. The Morgan fingerprint density at radius 3 is 0.450 bits per heavy atom. The molecule has 0 aromatic carbocycles. The number of hydrogen-bond acceptors (Lipinski definition) is 26. The van der Waals surface area contributed by atoms with Crippen LogP contribution in [0, 0.1) is 5.92 Å². The molecule has 0 aromatic heterocycles. The summed E-state index contributed by atoms with van der Waals surface area (Å²) in [5.74, 6) is -18.8. The number of rotatable bonds is 61. The summed E-state index contributed by atoms with van der Waals surface area (Å²) in [5.41, 5.74) is 22.7. The van der Waals surface area contributed by atoms with Crippen LogP contribution in [0.25, 0.3) is 0 Å². The second kappa shape index (κ2) is 60.6. The van der Waals surface area contributed by atoms with Crippen molar-refractivity contribution in [3.63, 3.8) is 0 Å². The summed E-state index contributed by atoms with van der Waals surface area (Å²) in [5, 5.41) is 60.9. The predicted octanol–water partition coefficient (Wildman–Crippen LogP) is -8.68. The molecule has 0 fully saturated rings. The van der Waals surface area contributed by atoms with Crippen molar-refractivity contribution in [3.05, 3.63) is 12.7 Å². The van der Waals surface area contributed by atoms with E-state index in [4.69, 9.17) is 22.9 Å².